The van der Waals surface area contributed by atoms with Gasteiger partial charge in [-0.05, 0) is 31.2 Å². The Morgan fingerprint density at radius 3 is 2.89 bits per heavy atom. The number of halogens is 1. The summed E-state index contributed by atoms with van der Waals surface area (Å²) in [5.74, 6) is 2.18. The molecule has 3 aromatic rings. The number of rotatable bonds is 4. The molecule has 3 heterocycles. The summed E-state index contributed by atoms with van der Waals surface area (Å²) in [6.07, 6.45) is 2.49. The first kappa shape index (κ1) is 12.2. The number of alkyl halides is 1. The number of hydrogen-bond donors (Lipinski definition) is 0. The monoisotopic (exact) mass is 275 g/mol. The minimum Gasteiger partial charge on any atom is -0.469 e. The summed E-state index contributed by atoms with van der Waals surface area (Å²) in [5, 5.41) is 0. The van der Waals surface area contributed by atoms with Gasteiger partial charge in [0.1, 0.15) is 17.1 Å². The summed E-state index contributed by atoms with van der Waals surface area (Å²) in [5.41, 5.74) is 2.76. The van der Waals surface area contributed by atoms with Gasteiger partial charge in [0, 0.05) is 18.7 Å². The fraction of sp³-hybridized carbons (Fsp3) is 0.286. The summed E-state index contributed by atoms with van der Waals surface area (Å²) in [4.78, 5) is 9.07. The summed E-state index contributed by atoms with van der Waals surface area (Å²) >= 11 is 5.97. The molecule has 0 radical (unpaired) electrons. The highest BCUT2D eigenvalue weighted by atomic mass is 35.5. The normalized spacial score (nSPS) is 11.3. The Hall–Kier alpha value is -1.81. The van der Waals surface area contributed by atoms with Crippen LogP contribution in [0.25, 0.3) is 11.2 Å². The van der Waals surface area contributed by atoms with E-state index in [1.165, 1.54) is 0 Å². The zero-order valence-corrected chi connectivity index (χ0v) is 11.4. The maximum atomic E-state index is 5.97. The maximum absolute atomic E-state index is 5.97. The molecule has 0 saturated heterocycles. The fourth-order valence-corrected chi connectivity index (χ4v) is 2.36. The van der Waals surface area contributed by atoms with Crippen molar-refractivity contribution in [3.8, 4) is 0 Å². The first-order valence-electron chi connectivity index (χ1n) is 6.19. The van der Waals surface area contributed by atoms with Gasteiger partial charge in [-0.25, -0.2) is 9.97 Å². The van der Waals surface area contributed by atoms with Crippen LogP contribution in [-0.2, 0) is 18.8 Å². The van der Waals surface area contributed by atoms with Crippen LogP contribution in [0.4, 0.5) is 0 Å². The van der Waals surface area contributed by atoms with Gasteiger partial charge in [0.25, 0.3) is 0 Å². The van der Waals surface area contributed by atoms with Gasteiger partial charge in [-0.15, -0.1) is 11.6 Å². The molecule has 0 atom stereocenters. The molecule has 0 amide bonds. The van der Waals surface area contributed by atoms with Gasteiger partial charge in [-0.2, -0.15) is 0 Å². The zero-order valence-electron chi connectivity index (χ0n) is 10.6. The Kier molecular flexibility index (Phi) is 3.25. The first-order chi connectivity index (χ1) is 9.28. The molecular weight excluding hydrogens is 262 g/mol. The number of aryl methyl sites for hydroxylation is 3. The zero-order chi connectivity index (χ0) is 13.2. The van der Waals surface area contributed by atoms with E-state index in [0.717, 1.165) is 41.4 Å². The van der Waals surface area contributed by atoms with Gasteiger partial charge in [-0.1, -0.05) is 0 Å². The molecule has 0 aliphatic carbocycles. The Labute approximate surface area is 116 Å². The molecule has 0 spiro atoms. The van der Waals surface area contributed by atoms with Crippen molar-refractivity contribution >= 4 is 22.8 Å². The summed E-state index contributed by atoms with van der Waals surface area (Å²) in [6, 6.07) is 7.81. The van der Waals surface area contributed by atoms with Crippen LogP contribution >= 0.6 is 11.6 Å². The van der Waals surface area contributed by atoms with E-state index < -0.39 is 0 Å². The lowest BCUT2D eigenvalue weighted by molar-refractivity contribution is 0.491. The average molecular weight is 276 g/mol. The fourth-order valence-electron chi connectivity index (χ4n) is 2.16. The Bertz CT molecular complexity index is 688. The van der Waals surface area contributed by atoms with Crippen LogP contribution in [-0.4, -0.2) is 14.5 Å². The number of aromatic nitrogens is 3. The number of imidazole rings is 1. The molecule has 98 valence electrons. The van der Waals surface area contributed by atoms with Crippen LogP contribution in [0.1, 0.15) is 17.3 Å². The van der Waals surface area contributed by atoms with E-state index in [0.29, 0.717) is 5.88 Å². The SMILES string of the molecule is Cc1ccc2nc(CCl)n(CCc3ccco3)c2n1. The average Bonchev–Trinajstić information content (AvgIpc) is 3.03. The summed E-state index contributed by atoms with van der Waals surface area (Å²) < 4.78 is 7.42. The number of hydrogen-bond acceptors (Lipinski definition) is 3. The molecule has 19 heavy (non-hydrogen) atoms. The van der Waals surface area contributed by atoms with Gasteiger partial charge >= 0.3 is 0 Å². The van der Waals surface area contributed by atoms with Crippen molar-refractivity contribution in [3.63, 3.8) is 0 Å². The van der Waals surface area contributed by atoms with Crippen LogP contribution in [0.5, 0.6) is 0 Å². The van der Waals surface area contributed by atoms with Crippen LogP contribution in [0.15, 0.2) is 34.9 Å². The molecule has 0 saturated carbocycles. The third-order valence-corrected chi connectivity index (χ3v) is 3.33. The van der Waals surface area contributed by atoms with Crippen molar-refractivity contribution in [2.45, 2.75) is 25.8 Å². The third kappa shape index (κ3) is 2.36. The maximum Gasteiger partial charge on any atom is 0.160 e. The molecule has 3 aromatic heterocycles. The molecule has 3 rings (SSSR count). The number of pyridine rings is 1. The first-order valence-corrected chi connectivity index (χ1v) is 6.72. The molecule has 4 nitrogen and oxygen atoms in total. The van der Waals surface area contributed by atoms with Crippen molar-refractivity contribution in [1.29, 1.82) is 0 Å². The Morgan fingerprint density at radius 1 is 1.26 bits per heavy atom. The molecule has 0 aromatic carbocycles. The van der Waals surface area contributed by atoms with Gasteiger partial charge in [-0.3, -0.25) is 0 Å². The number of furan rings is 1. The van der Waals surface area contributed by atoms with Gasteiger partial charge in [0.2, 0.25) is 0 Å². The van der Waals surface area contributed by atoms with Crippen molar-refractivity contribution < 1.29 is 4.42 Å². The lowest BCUT2D eigenvalue weighted by atomic mass is 10.3. The Morgan fingerprint density at radius 2 is 2.16 bits per heavy atom. The van der Waals surface area contributed by atoms with Crippen molar-refractivity contribution in [3.05, 3.63) is 47.8 Å². The molecule has 0 aliphatic rings. The quantitative estimate of drug-likeness (QED) is 0.686. The highest BCUT2D eigenvalue weighted by molar-refractivity contribution is 6.16. The predicted molar refractivity (Wildman–Crippen MR) is 74.2 cm³/mol. The van der Waals surface area contributed by atoms with Gasteiger partial charge in [0.05, 0.1) is 12.1 Å². The van der Waals surface area contributed by atoms with Crippen LogP contribution in [0, 0.1) is 6.92 Å². The smallest absolute Gasteiger partial charge is 0.160 e. The van der Waals surface area contributed by atoms with E-state index in [9.17, 15) is 0 Å². The number of nitrogens with zero attached hydrogens (tertiary/aromatic N) is 3. The largest absolute Gasteiger partial charge is 0.469 e. The lowest BCUT2D eigenvalue weighted by Gasteiger charge is -2.05. The van der Waals surface area contributed by atoms with E-state index in [1.54, 1.807) is 6.26 Å². The molecule has 0 bridgehead atoms. The standard InChI is InChI=1S/C14H14ClN3O/c1-10-4-5-12-14(16-10)18(13(9-15)17-12)7-6-11-3-2-8-19-11/h2-5,8H,6-7,9H2,1H3. The minimum absolute atomic E-state index is 0.383. The van der Waals surface area contributed by atoms with E-state index in [2.05, 4.69) is 14.5 Å². The van der Waals surface area contributed by atoms with Crippen molar-refractivity contribution in [2.24, 2.45) is 0 Å². The summed E-state index contributed by atoms with van der Waals surface area (Å²) in [6.45, 7) is 2.74. The topological polar surface area (TPSA) is 43.9 Å². The molecule has 0 fully saturated rings. The highest BCUT2D eigenvalue weighted by Gasteiger charge is 2.11. The molecule has 5 heteroatoms. The minimum atomic E-state index is 0.383. The third-order valence-electron chi connectivity index (χ3n) is 3.09. The van der Waals surface area contributed by atoms with E-state index in [1.807, 2.05) is 31.2 Å². The van der Waals surface area contributed by atoms with Crippen LogP contribution in [0.3, 0.4) is 0 Å². The molecule has 0 N–H and O–H groups in total. The molecular formula is C14H14ClN3O. The van der Waals surface area contributed by atoms with E-state index in [-0.39, 0.29) is 0 Å². The molecule has 0 unspecified atom stereocenters. The second kappa shape index (κ2) is 5.05. The van der Waals surface area contributed by atoms with E-state index >= 15 is 0 Å². The second-order valence-corrected chi connectivity index (χ2v) is 4.71. The van der Waals surface area contributed by atoms with Crippen molar-refractivity contribution in [1.82, 2.24) is 14.5 Å². The highest BCUT2D eigenvalue weighted by Crippen LogP contribution is 2.17. The van der Waals surface area contributed by atoms with Gasteiger partial charge in [0.15, 0.2) is 5.65 Å². The lowest BCUT2D eigenvalue weighted by Crippen LogP contribution is -2.05. The van der Waals surface area contributed by atoms with Gasteiger partial charge < -0.3 is 8.98 Å². The Balaban J connectivity index is 1.97. The number of fused-ring (bicyclic) bond motifs is 1. The van der Waals surface area contributed by atoms with Crippen LogP contribution < -0.4 is 0 Å². The second-order valence-electron chi connectivity index (χ2n) is 4.44. The van der Waals surface area contributed by atoms with E-state index in [4.69, 9.17) is 16.0 Å². The summed E-state index contributed by atoms with van der Waals surface area (Å²) in [7, 11) is 0. The van der Waals surface area contributed by atoms with Crippen molar-refractivity contribution in [2.75, 3.05) is 0 Å². The molecule has 0 aliphatic heterocycles. The predicted octanol–water partition coefficient (Wildman–Crippen LogP) is 3.31. The van der Waals surface area contributed by atoms with Crippen LogP contribution in [0.2, 0.25) is 0 Å².